The zero-order chi connectivity index (χ0) is 17.2. The molecule has 1 atom stereocenters. The summed E-state index contributed by atoms with van der Waals surface area (Å²) >= 11 is 5.89. The first-order valence-electron chi connectivity index (χ1n) is 8.29. The second-order valence-electron chi connectivity index (χ2n) is 6.68. The van der Waals surface area contributed by atoms with Gasteiger partial charge in [-0.05, 0) is 68.5 Å². The number of carbonyl (C=O) groups is 1. The number of benzene rings is 2. The highest BCUT2D eigenvalue weighted by molar-refractivity contribution is 6.30. The summed E-state index contributed by atoms with van der Waals surface area (Å²) < 4.78 is 5.88. The molecule has 0 heterocycles. The van der Waals surface area contributed by atoms with Crippen molar-refractivity contribution >= 4 is 17.5 Å². The molecule has 126 valence electrons. The molecule has 0 fully saturated rings. The first-order chi connectivity index (χ1) is 11.5. The smallest absolute Gasteiger partial charge is 0.264 e. The van der Waals surface area contributed by atoms with Crippen LogP contribution in [0, 0.1) is 0 Å². The summed E-state index contributed by atoms with van der Waals surface area (Å²) in [5.41, 5.74) is 1.59. The number of halogens is 1. The van der Waals surface area contributed by atoms with Crippen LogP contribution < -0.4 is 10.1 Å². The van der Waals surface area contributed by atoms with E-state index < -0.39 is 5.60 Å². The molecule has 1 N–H and O–H groups in total. The van der Waals surface area contributed by atoms with Gasteiger partial charge in [0.2, 0.25) is 0 Å². The van der Waals surface area contributed by atoms with Gasteiger partial charge in [0.25, 0.3) is 5.91 Å². The van der Waals surface area contributed by atoms with Gasteiger partial charge >= 0.3 is 0 Å². The predicted octanol–water partition coefficient (Wildman–Crippen LogP) is 4.69. The summed E-state index contributed by atoms with van der Waals surface area (Å²) in [5.74, 6) is 0.516. The molecule has 1 amide bonds. The Kier molecular flexibility index (Phi) is 4.81. The third-order valence-electron chi connectivity index (χ3n) is 4.41. The molecular formula is C20H22ClNO2. The molecule has 1 aliphatic rings. The molecule has 3 nitrogen and oxygen atoms in total. The normalized spacial score (nSPS) is 17.0. The largest absolute Gasteiger partial charge is 0.478 e. The number of hydrogen-bond acceptors (Lipinski definition) is 2. The second kappa shape index (κ2) is 6.86. The van der Waals surface area contributed by atoms with Gasteiger partial charge in [0.15, 0.2) is 5.60 Å². The molecular weight excluding hydrogens is 322 g/mol. The van der Waals surface area contributed by atoms with Gasteiger partial charge in [-0.3, -0.25) is 4.79 Å². The molecule has 0 saturated heterocycles. The van der Waals surface area contributed by atoms with Gasteiger partial charge in [-0.1, -0.05) is 35.9 Å². The Morgan fingerprint density at radius 2 is 1.88 bits per heavy atom. The van der Waals surface area contributed by atoms with Crippen LogP contribution in [-0.2, 0) is 11.2 Å². The van der Waals surface area contributed by atoms with Crippen molar-refractivity contribution in [1.29, 1.82) is 0 Å². The van der Waals surface area contributed by atoms with Crippen LogP contribution in [0.25, 0.3) is 0 Å². The van der Waals surface area contributed by atoms with Crippen molar-refractivity contribution in [1.82, 2.24) is 5.32 Å². The minimum atomic E-state index is -0.958. The summed E-state index contributed by atoms with van der Waals surface area (Å²) in [6.45, 7) is 3.57. The van der Waals surface area contributed by atoms with Crippen LogP contribution in [0.1, 0.15) is 43.9 Å². The van der Waals surface area contributed by atoms with Crippen LogP contribution in [-0.4, -0.2) is 11.5 Å². The van der Waals surface area contributed by atoms with Gasteiger partial charge in [-0.15, -0.1) is 0 Å². The SMILES string of the molecule is CC(C)(Oc1ccc(Cl)cc1)C(=O)N[C@@H]1CCCc2ccccc21. The maximum absolute atomic E-state index is 12.8. The number of hydrogen-bond donors (Lipinski definition) is 1. The highest BCUT2D eigenvalue weighted by Gasteiger charge is 2.33. The average Bonchev–Trinajstić information content (AvgIpc) is 2.57. The molecule has 0 radical (unpaired) electrons. The fourth-order valence-electron chi connectivity index (χ4n) is 3.08. The zero-order valence-electron chi connectivity index (χ0n) is 14.0. The van der Waals surface area contributed by atoms with Crippen molar-refractivity contribution in [3.8, 4) is 5.75 Å². The van der Waals surface area contributed by atoms with E-state index in [-0.39, 0.29) is 11.9 Å². The van der Waals surface area contributed by atoms with Crippen LogP contribution in [0.3, 0.4) is 0 Å². The minimum absolute atomic E-state index is 0.0514. The number of rotatable bonds is 4. The van der Waals surface area contributed by atoms with Crippen LogP contribution >= 0.6 is 11.6 Å². The number of fused-ring (bicyclic) bond motifs is 1. The van der Waals surface area contributed by atoms with E-state index in [1.54, 1.807) is 38.1 Å². The van der Waals surface area contributed by atoms with E-state index in [1.165, 1.54) is 11.1 Å². The lowest BCUT2D eigenvalue weighted by atomic mass is 9.87. The zero-order valence-corrected chi connectivity index (χ0v) is 14.8. The average molecular weight is 344 g/mol. The Hall–Kier alpha value is -2.00. The van der Waals surface area contributed by atoms with Crippen molar-refractivity contribution in [2.45, 2.75) is 44.8 Å². The summed E-state index contributed by atoms with van der Waals surface area (Å²) in [6.07, 6.45) is 3.12. The number of nitrogens with one attached hydrogen (secondary N) is 1. The molecule has 0 aliphatic heterocycles. The van der Waals surface area contributed by atoms with Crippen LogP contribution in [0.4, 0.5) is 0 Å². The summed E-state index contributed by atoms with van der Waals surface area (Å²) in [7, 11) is 0. The van der Waals surface area contributed by atoms with E-state index >= 15 is 0 Å². The van der Waals surface area contributed by atoms with Crippen molar-refractivity contribution in [3.63, 3.8) is 0 Å². The fourth-order valence-corrected chi connectivity index (χ4v) is 3.21. The molecule has 0 spiro atoms. The third-order valence-corrected chi connectivity index (χ3v) is 4.66. The van der Waals surface area contributed by atoms with E-state index in [0.29, 0.717) is 10.8 Å². The summed E-state index contributed by atoms with van der Waals surface area (Å²) in [5, 5.41) is 3.80. The monoisotopic (exact) mass is 343 g/mol. The molecule has 3 rings (SSSR count). The number of amides is 1. The molecule has 1 aliphatic carbocycles. The van der Waals surface area contributed by atoms with E-state index in [4.69, 9.17) is 16.3 Å². The van der Waals surface area contributed by atoms with E-state index in [9.17, 15) is 4.79 Å². The molecule has 4 heteroatoms. The Labute approximate surface area is 148 Å². The van der Waals surface area contributed by atoms with Gasteiger partial charge in [0.05, 0.1) is 6.04 Å². The van der Waals surface area contributed by atoms with Gasteiger partial charge in [0, 0.05) is 5.02 Å². The second-order valence-corrected chi connectivity index (χ2v) is 7.12. The van der Waals surface area contributed by atoms with E-state index in [2.05, 4.69) is 23.5 Å². The lowest BCUT2D eigenvalue weighted by Crippen LogP contribution is -2.48. The Bertz CT molecular complexity index is 725. The van der Waals surface area contributed by atoms with Crippen molar-refractivity contribution in [2.24, 2.45) is 0 Å². The molecule has 0 unspecified atom stereocenters. The third kappa shape index (κ3) is 3.73. The number of aryl methyl sites for hydroxylation is 1. The van der Waals surface area contributed by atoms with Crippen LogP contribution in [0.5, 0.6) is 5.75 Å². The quantitative estimate of drug-likeness (QED) is 0.874. The maximum atomic E-state index is 12.8. The number of ether oxygens (including phenoxy) is 1. The molecule has 2 aromatic carbocycles. The number of carbonyl (C=O) groups excluding carboxylic acids is 1. The first kappa shape index (κ1) is 16.8. The fraction of sp³-hybridized carbons (Fsp3) is 0.350. The minimum Gasteiger partial charge on any atom is -0.478 e. The van der Waals surface area contributed by atoms with Gasteiger partial charge in [0.1, 0.15) is 5.75 Å². The van der Waals surface area contributed by atoms with Crippen LogP contribution in [0.15, 0.2) is 48.5 Å². The lowest BCUT2D eigenvalue weighted by Gasteiger charge is -2.31. The molecule has 0 bridgehead atoms. The molecule has 2 aromatic rings. The summed E-state index contributed by atoms with van der Waals surface area (Å²) in [4.78, 5) is 12.8. The Morgan fingerprint density at radius 3 is 2.62 bits per heavy atom. The standard InChI is InChI=1S/C20H22ClNO2/c1-20(2,24-16-12-10-15(21)11-13-16)19(23)22-18-9-5-7-14-6-3-4-8-17(14)18/h3-4,6,8,10-13,18H,5,7,9H2,1-2H3,(H,22,23)/t18-/m1/s1. The van der Waals surface area contributed by atoms with Gasteiger partial charge in [-0.25, -0.2) is 0 Å². The molecule has 24 heavy (non-hydrogen) atoms. The van der Waals surface area contributed by atoms with Gasteiger partial charge in [-0.2, -0.15) is 0 Å². The van der Waals surface area contributed by atoms with E-state index in [0.717, 1.165) is 19.3 Å². The highest BCUT2D eigenvalue weighted by Crippen LogP contribution is 2.30. The molecule has 0 aromatic heterocycles. The van der Waals surface area contributed by atoms with Crippen molar-refractivity contribution in [2.75, 3.05) is 0 Å². The van der Waals surface area contributed by atoms with Crippen molar-refractivity contribution in [3.05, 3.63) is 64.7 Å². The van der Waals surface area contributed by atoms with Crippen LogP contribution in [0.2, 0.25) is 5.02 Å². The topological polar surface area (TPSA) is 38.3 Å². The summed E-state index contributed by atoms with van der Waals surface area (Å²) in [6, 6.07) is 15.4. The Balaban J connectivity index is 1.71. The van der Waals surface area contributed by atoms with E-state index in [1.807, 2.05) is 6.07 Å². The van der Waals surface area contributed by atoms with Crippen molar-refractivity contribution < 1.29 is 9.53 Å². The Morgan fingerprint density at radius 1 is 1.17 bits per heavy atom. The highest BCUT2D eigenvalue weighted by atomic mass is 35.5. The van der Waals surface area contributed by atoms with Gasteiger partial charge < -0.3 is 10.1 Å². The molecule has 0 saturated carbocycles. The predicted molar refractivity (Wildman–Crippen MR) is 96.4 cm³/mol. The maximum Gasteiger partial charge on any atom is 0.264 e. The lowest BCUT2D eigenvalue weighted by molar-refractivity contribution is -0.135. The first-order valence-corrected chi connectivity index (χ1v) is 8.67.